The number of anilines is 1. The minimum atomic E-state index is -0.112. The molecule has 2 amide bonds. The number of carbonyl (C=O) groups is 2. The van der Waals surface area contributed by atoms with E-state index in [2.05, 4.69) is 29.4 Å². The fraction of sp³-hybridized carbons (Fsp3) is 0.462. The summed E-state index contributed by atoms with van der Waals surface area (Å²) in [7, 11) is 0. The average Bonchev–Trinajstić information content (AvgIpc) is 2.77. The maximum atomic E-state index is 12.6. The van der Waals surface area contributed by atoms with E-state index in [-0.39, 0.29) is 29.9 Å². The summed E-state index contributed by atoms with van der Waals surface area (Å²) in [4.78, 5) is 27.1. The van der Waals surface area contributed by atoms with Gasteiger partial charge < -0.3 is 15.4 Å². The molecule has 0 aromatic heterocycles. The Morgan fingerprint density at radius 1 is 1.06 bits per heavy atom. The monoisotopic (exact) mass is 437 g/mol. The van der Waals surface area contributed by atoms with Crippen LogP contribution in [0, 0.1) is 5.92 Å². The summed E-state index contributed by atoms with van der Waals surface area (Å²) in [5.41, 5.74) is 3.51. The lowest BCUT2D eigenvalue weighted by Gasteiger charge is -2.35. The van der Waals surface area contributed by atoms with Gasteiger partial charge in [0.2, 0.25) is 5.91 Å². The average molecular weight is 438 g/mol. The molecule has 32 heavy (non-hydrogen) atoms. The van der Waals surface area contributed by atoms with Crippen molar-refractivity contribution in [1.29, 1.82) is 0 Å². The number of rotatable bonds is 8. The highest BCUT2D eigenvalue weighted by atomic mass is 16.5. The van der Waals surface area contributed by atoms with E-state index in [9.17, 15) is 9.59 Å². The van der Waals surface area contributed by atoms with Crippen LogP contribution in [-0.2, 0) is 22.6 Å². The minimum absolute atomic E-state index is 0.00905. The van der Waals surface area contributed by atoms with Crippen molar-refractivity contribution in [1.82, 2.24) is 10.2 Å². The predicted octanol–water partition coefficient (Wildman–Crippen LogP) is 4.21. The summed E-state index contributed by atoms with van der Waals surface area (Å²) in [6, 6.07) is 15.4. The molecule has 3 atom stereocenters. The first-order valence-corrected chi connectivity index (χ1v) is 11.5. The molecule has 6 heteroatoms. The second-order valence-electron chi connectivity index (χ2n) is 8.83. The van der Waals surface area contributed by atoms with Crippen molar-refractivity contribution in [3.8, 4) is 0 Å². The first-order chi connectivity index (χ1) is 15.3. The zero-order valence-corrected chi connectivity index (χ0v) is 19.6. The van der Waals surface area contributed by atoms with Gasteiger partial charge in [0.1, 0.15) is 0 Å². The molecule has 0 spiro atoms. The van der Waals surface area contributed by atoms with Crippen LogP contribution in [0.25, 0.3) is 0 Å². The number of carbonyl (C=O) groups excluding carboxylic acids is 2. The molecule has 3 rings (SSSR count). The molecule has 3 unspecified atom stereocenters. The Morgan fingerprint density at radius 2 is 1.75 bits per heavy atom. The van der Waals surface area contributed by atoms with Crippen molar-refractivity contribution in [2.24, 2.45) is 5.92 Å². The Balaban J connectivity index is 1.52. The molecule has 0 aliphatic carbocycles. The van der Waals surface area contributed by atoms with E-state index in [1.54, 1.807) is 0 Å². The number of morpholine rings is 1. The zero-order chi connectivity index (χ0) is 23.1. The summed E-state index contributed by atoms with van der Waals surface area (Å²) in [6.07, 6.45) is 1.28. The van der Waals surface area contributed by atoms with E-state index in [1.807, 2.05) is 62.4 Å². The fourth-order valence-corrected chi connectivity index (χ4v) is 3.93. The van der Waals surface area contributed by atoms with Gasteiger partial charge in [0.05, 0.1) is 12.2 Å². The third-order valence-electron chi connectivity index (χ3n) is 5.83. The predicted molar refractivity (Wildman–Crippen MR) is 127 cm³/mol. The van der Waals surface area contributed by atoms with Crippen LogP contribution < -0.4 is 10.6 Å². The van der Waals surface area contributed by atoms with Gasteiger partial charge in [-0.25, -0.2) is 0 Å². The number of nitrogens with zero attached hydrogens (tertiary/aromatic N) is 1. The van der Waals surface area contributed by atoms with Gasteiger partial charge in [0, 0.05) is 43.3 Å². The number of nitrogens with one attached hydrogen (secondary N) is 2. The normalized spacial score (nSPS) is 19.9. The zero-order valence-electron chi connectivity index (χ0n) is 19.6. The SMILES string of the molecule is CCC(C)C(=O)Nc1cccc(CNC(=O)c2ccc(CN3CC(C)OC(C)C3)cc2)c1. The fourth-order valence-electron chi connectivity index (χ4n) is 3.93. The lowest BCUT2D eigenvalue weighted by atomic mass is 10.1. The minimum Gasteiger partial charge on any atom is -0.373 e. The summed E-state index contributed by atoms with van der Waals surface area (Å²) in [6.45, 7) is 11.2. The van der Waals surface area contributed by atoms with Crippen LogP contribution in [-0.4, -0.2) is 42.0 Å². The highest BCUT2D eigenvalue weighted by molar-refractivity contribution is 5.94. The Kier molecular flexibility index (Phi) is 8.42. The van der Waals surface area contributed by atoms with Crippen LogP contribution in [0.15, 0.2) is 48.5 Å². The standard InChI is InChI=1S/C26H35N3O3/c1-5-18(2)25(30)28-24-8-6-7-22(13-24)14-27-26(31)23-11-9-21(10-12-23)17-29-15-19(3)32-20(4)16-29/h6-13,18-20H,5,14-17H2,1-4H3,(H,27,31)(H,28,30). The van der Waals surface area contributed by atoms with Crippen molar-refractivity contribution >= 4 is 17.5 Å². The summed E-state index contributed by atoms with van der Waals surface area (Å²) < 4.78 is 5.79. The highest BCUT2D eigenvalue weighted by Gasteiger charge is 2.22. The highest BCUT2D eigenvalue weighted by Crippen LogP contribution is 2.16. The van der Waals surface area contributed by atoms with Crippen LogP contribution >= 0.6 is 0 Å². The molecule has 2 aromatic carbocycles. The van der Waals surface area contributed by atoms with Crippen LogP contribution in [0.4, 0.5) is 5.69 Å². The molecule has 2 N–H and O–H groups in total. The van der Waals surface area contributed by atoms with Crippen molar-refractivity contribution in [3.05, 3.63) is 65.2 Å². The van der Waals surface area contributed by atoms with Gasteiger partial charge in [0.15, 0.2) is 0 Å². The molecular formula is C26H35N3O3. The third-order valence-corrected chi connectivity index (χ3v) is 5.83. The maximum absolute atomic E-state index is 12.6. The summed E-state index contributed by atoms with van der Waals surface area (Å²) in [5, 5.41) is 5.90. The molecule has 0 saturated carbocycles. The van der Waals surface area contributed by atoms with E-state index < -0.39 is 0 Å². The van der Waals surface area contributed by atoms with Crippen molar-refractivity contribution in [3.63, 3.8) is 0 Å². The number of hydrogen-bond acceptors (Lipinski definition) is 4. The Morgan fingerprint density at radius 3 is 2.41 bits per heavy atom. The summed E-state index contributed by atoms with van der Waals surface area (Å²) in [5.74, 6) is -0.134. The van der Waals surface area contributed by atoms with Gasteiger partial charge in [-0.05, 0) is 55.7 Å². The van der Waals surface area contributed by atoms with E-state index in [1.165, 1.54) is 5.56 Å². The van der Waals surface area contributed by atoms with E-state index in [4.69, 9.17) is 4.74 Å². The van der Waals surface area contributed by atoms with Crippen LogP contribution in [0.2, 0.25) is 0 Å². The molecule has 172 valence electrons. The van der Waals surface area contributed by atoms with Crippen molar-refractivity contribution in [2.45, 2.75) is 59.4 Å². The molecule has 1 aliphatic rings. The van der Waals surface area contributed by atoms with Gasteiger partial charge in [-0.3, -0.25) is 14.5 Å². The molecule has 1 aliphatic heterocycles. The Labute approximate surface area is 191 Å². The van der Waals surface area contributed by atoms with Crippen molar-refractivity contribution in [2.75, 3.05) is 18.4 Å². The molecule has 1 heterocycles. The number of hydrogen-bond donors (Lipinski definition) is 2. The molecule has 1 fully saturated rings. The van der Waals surface area contributed by atoms with Crippen LogP contribution in [0.5, 0.6) is 0 Å². The quantitative estimate of drug-likeness (QED) is 0.649. The smallest absolute Gasteiger partial charge is 0.251 e. The number of ether oxygens (including phenoxy) is 1. The van der Waals surface area contributed by atoms with Crippen molar-refractivity contribution < 1.29 is 14.3 Å². The number of benzene rings is 2. The molecule has 1 saturated heterocycles. The van der Waals surface area contributed by atoms with E-state index in [0.717, 1.165) is 37.3 Å². The topological polar surface area (TPSA) is 70.7 Å². The molecule has 6 nitrogen and oxygen atoms in total. The third kappa shape index (κ3) is 6.90. The maximum Gasteiger partial charge on any atom is 0.251 e. The molecular weight excluding hydrogens is 402 g/mol. The van der Waals surface area contributed by atoms with Gasteiger partial charge in [-0.15, -0.1) is 0 Å². The Bertz CT molecular complexity index is 903. The van der Waals surface area contributed by atoms with Crippen LogP contribution in [0.3, 0.4) is 0 Å². The Hall–Kier alpha value is -2.70. The van der Waals surface area contributed by atoms with E-state index >= 15 is 0 Å². The first-order valence-electron chi connectivity index (χ1n) is 11.5. The molecule has 0 bridgehead atoms. The van der Waals surface area contributed by atoms with Crippen LogP contribution in [0.1, 0.15) is 55.6 Å². The molecule has 2 aromatic rings. The second-order valence-corrected chi connectivity index (χ2v) is 8.83. The van der Waals surface area contributed by atoms with Gasteiger partial charge in [0.25, 0.3) is 5.91 Å². The molecule has 0 radical (unpaired) electrons. The summed E-state index contributed by atoms with van der Waals surface area (Å²) >= 11 is 0. The second kappa shape index (κ2) is 11.2. The lowest BCUT2D eigenvalue weighted by molar-refractivity contribution is -0.119. The van der Waals surface area contributed by atoms with E-state index in [0.29, 0.717) is 12.1 Å². The number of amides is 2. The first kappa shape index (κ1) is 24.0. The van der Waals surface area contributed by atoms with Gasteiger partial charge in [-0.2, -0.15) is 0 Å². The van der Waals surface area contributed by atoms with Gasteiger partial charge >= 0.3 is 0 Å². The van der Waals surface area contributed by atoms with Gasteiger partial charge in [-0.1, -0.05) is 38.1 Å². The lowest BCUT2D eigenvalue weighted by Crippen LogP contribution is -2.44. The largest absolute Gasteiger partial charge is 0.373 e.